The lowest BCUT2D eigenvalue weighted by Crippen LogP contribution is -2.19. The summed E-state index contributed by atoms with van der Waals surface area (Å²) in [7, 11) is 1.40. The van der Waals surface area contributed by atoms with Gasteiger partial charge in [-0.1, -0.05) is 12.8 Å². The topological polar surface area (TPSA) is 69.4 Å². The molecule has 0 saturated heterocycles. The van der Waals surface area contributed by atoms with Crippen molar-refractivity contribution in [3.63, 3.8) is 0 Å². The fourth-order valence-corrected chi connectivity index (χ4v) is 1.56. The molecule has 0 saturated carbocycles. The van der Waals surface area contributed by atoms with E-state index in [0.717, 1.165) is 44.8 Å². The predicted octanol–water partition coefficient (Wildman–Crippen LogP) is 1.81. The number of unbranched alkanes of at least 4 members (excludes halogenated alkanes) is 3. The molecule has 0 aliphatic rings. The maximum absolute atomic E-state index is 10.8. The molecule has 0 aromatic carbocycles. The van der Waals surface area contributed by atoms with Crippen molar-refractivity contribution in [2.75, 3.05) is 7.11 Å². The van der Waals surface area contributed by atoms with Gasteiger partial charge in [0.25, 0.3) is 0 Å². The molecule has 0 radical (unpaired) electrons. The molecule has 0 fully saturated rings. The van der Waals surface area contributed by atoms with Crippen LogP contribution < -0.4 is 5.73 Å². The SMILES string of the molecule is COC(=O)CCCCC(N)CCCCC=O. The summed E-state index contributed by atoms with van der Waals surface area (Å²) in [5, 5.41) is 0. The van der Waals surface area contributed by atoms with Crippen LogP contribution in [0.15, 0.2) is 0 Å². The Bertz CT molecular complexity index is 195. The zero-order valence-corrected chi connectivity index (χ0v) is 10.1. The van der Waals surface area contributed by atoms with Gasteiger partial charge in [-0.2, -0.15) is 0 Å². The number of ether oxygens (including phenoxy) is 1. The fraction of sp³-hybridized carbons (Fsp3) is 0.833. The van der Waals surface area contributed by atoms with Gasteiger partial charge in [0.05, 0.1) is 7.11 Å². The molecule has 0 amide bonds. The van der Waals surface area contributed by atoms with Crippen molar-refractivity contribution in [3.8, 4) is 0 Å². The van der Waals surface area contributed by atoms with E-state index in [4.69, 9.17) is 5.73 Å². The lowest BCUT2D eigenvalue weighted by molar-refractivity contribution is -0.140. The Morgan fingerprint density at radius 1 is 1.25 bits per heavy atom. The highest BCUT2D eigenvalue weighted by atomic mass is 16.5. The molecule has 0 bridgehead atoms. The van der Waals surface area contributed by atoms with Crippen LogP contribution in [-0.4, -0.2) is 25.4 Å². The molecule has 0 aromatic heterocycles. The third kappa shape index (κ3) is 9.65. The van der Waals surface area contributed by atoms with Crippen molar-refractivity contribution in [2.45, 2.75) is 57.4 Å². The summed E-state index contributed by atoms with van der Waals surface area (Å²) in [5.74, 6) is -0.153. The van der Waals surface area contributed by atoms with Crippen molar-refractivity contribution >= 4 is 12.3 Å². The van der Waals surface area contributed by atoms with Gasteiger partial charge in [0, 0.05) is 18.9 Å². The second-order valence-corrected chi connectivity index (χ2v) is 4.03. The molecular weight excluding hydrogens is 206 g/mol. The first-order valence-corrected chi connectivity index (χ1v) is 5.96. The van der Waals surface area contributed by atoms with E-state index in [2.05, 4.69) is 4.74 Å². The van der Waals surface area contributed by atoms with E-state index in [9.17, 15) is 9.59 Å². The van der Waals surface area contributed by atoms with Crippen LogP contribution in [0.4, 0.5) is 0 Å². The Morgan fingerprint density at radius 2 is 1.88 bits per heavy atom. The molecule has 16 heavy (non-hydrogen) atoms. The van der Waals surface area contributed by atoms with E-state index in [1.807, 2.05) is 0 Å². The molecule has 4 heteroatoms. The quantitative estimate of drug-likeness (QED) is 0.352. The highest BCUT2D eigenvalue weighted by molar-refractivity contribution is 5.68. The molecule has 1 atom stereocenters. The molecule has 0 heterocycles. The minimum atomic E-state index is -0.153. The Balaban J connectivity index is 3.26. The number of carbonyl (C=O) groups is 2. The average Bonchev–Trinajstić information content (AvgIpc) is 2.30. The summed E-state index contributed by atoms with van der Waals surface area (Å²) in [4.78, 5) is 20.9. The van der Waals surface area contributed by atoms with E-state index in [1.165, 1.54) is 7.11 Å². The number of methoxy groups -OCH3 is 1. The molecule has 94 valence electrons. The highest BCUT2D eigenvalue weighted by Crippen LogP contribution is 2.09. The van der Waals surface area contributed by atoms with Crippen LogP contribution in [0.2, 0.25) is 0 Å². The summed E-state index contributed by atoms with van der Waals surface area (Å²) >= 11 is 0. The van der Waals surface area contributed by atoms with Gasteiger partial charge in [0.2, 0.25) is 0 Å². The van der Waals surface area contributed by atoms with Crippen LogP contribution in [-0.2, 0) is 14.3 Å². The lowest BCUT2D eigenvalue weighted by atomic mass is 10.0. The standard InChI is InChI=1S/C12H23NO3/c1-16-12(15)9-5-4-8-11(13)7-3-2-6-10-14/h10-11H,2-9,13H2,1H3. The van der Waals surface area contributed by atoms with Gasteiger partial charge < -0.3 is 15.3 Å². The van der Waals surface area contributed by atoms with Crippen LogP contribution in [0.3, 0.4) is 0 Å². The second kappa shape index (κ2) is 10.6. The molecule has 0 aliphatic carbocycles. The number of hydrogen-bond donors (Lipinski definition) is 1. The molecule has 1 unspecified atom stereocenters. The van der Waals surface area contributed by atoms with Gasteiger partial charge in [-0.05, 0) is 25.7 Å². The highest BCUT2D eigenvalue weighted by Gasteiger charge is 2.04. The van der Waals surface area contributed by atoms with E-state index >= 15 is 0 Å². The summed E-state index contributed by atoms with van der Waals surface area (Å²) in [6, 6.07) is 0.198. The molecular formula is C12H23NO3. The number of aldehydes is 1. The molecule has 0 rings (SSSR count). The summed E-state index contributed by atoms with van der Waals surface area (Å²) in [6.07, 6.45) is 7.71. The van der Waals surface area contributed by atoms with Crippen LogP contribution in [0.25, 0.3) is 0 Å². The second-order valence-electron chi connectivity index (χ2n) is 4.03. The van der Waals surface area contributed by atoms with Crippen LogP contribution >= 0.6 is 0 Å². The Labute approximate surface area is 97.5 Å². The number of hydrogen-bond acceptors (Lipinski definition) is 4. The van der Waals surface area contributed by atoms with Gasteiger partial charge in [-0.3, -0.25) is 4.79 Å². The van der Waals surface area contributed by atoms with Crippen LogP contribution in [0.1, 0.15) is 51.4 Å². The fourth-order valence-electron chi connectivity index (χ4n) is 1.56. The first-order valence-electron chi connectivity index (χ1n) is 5.96. The van der Waals surface area contributed by atoms with Crippen molar-refractivity contribution in [3.05, 3.63) is 0 Å². The summed E-state index contributed by atoms with van der Waals surface area (Å²) < 4.78 is 4.55. The monoisotopic (exact) mass is 229 g/mol. The Kier molecular flexibility index (Phi) is 10.0. The maximum Gasteiger partial charge on any atom is 0.305 e. The van der Waals surface area contributed by atoms with Gasteiger partial charge in [0.1, 0.15) is 6.29 Å². The van der Waals surface area contributed by atoms with E-state index in [0.29, 0.717) is 12.8 Å². The Hall–Kier alpha value is -0.900. The van der Waals surface area contributed by atoms with E-state index in [-0.39, 0.29) is 12.0 Å². The summed E-state index contributed by atoms with van der Waals surface area (Å²) in [5.41, 5.74) is 5.90. The lowest BCUT2D eigenvalue weighted by Gasteiger charge is -2.10. The maximum atomic E-state index is 10.8. The van der Waals surface area contributed by atoms with Gasteiger partial charge in [0.15, 0.2) is 0 Å². The molecule has 2 N–H and O–H groups in total. The third-order valence-electron chi connectivity index (χ3n) is 2.58. The first-order chi connectivity index (χ1) is 7.70. The van der Waals surface area contributed by atoms with E-state index in [1.54, 1.807) is 0 Å². The first kappa shape index (κ1) is 15.1. The largest absolute Gasteiger partial charge is 0.469 e. The van der Waals surface area contributed by atoms with Crippen LogP contribution in [0.5, 0.6) is 0 Å². The minimum Gasteiger partial charge on any atom is -0.469 e. The van der Waals surface area contributed by atoms with Crippen molar-refractivity contribution in [1.29, 1.82) is 0 Å². The molecule has 0 spiro atoms. The smallest absolute Gasteiger partial charge is 0.305 e. The predicted molar refractivity (Wildman–Crippen MR) is 63.0 cm³/mol. The zero-order chi connectivity index (χ0) is 12.2. The number of rotatable bonds is 10. The van der Waals surface area contributed by atoms with Gasteiger partial charge in [-0.15, -0.1) is 0 Å². The normalized spacial score (nSPS) is 12.1. The minimum absolute atomic E-state index is 0.153. The number of esters is 1. The van der Waals surface area contributed by atoms with Crippen molar-refractivity contribution in [2.24, 2.45) is 5.73 Å². The average molecular weight is 229 g/mol. The third-order valence-corrected chi connectivity index (χ3v) is 2.58. The number of nitrogens with two attached hydrogens (primary N) is 1. The molecule has 0 aliphatic heterocycles. The van der Waals surface area contributed by atoms with Gasteiger partial charge >= 0.3 is 5.97 Å². The zero-order valence-electron chi connectivity index (χ0n) is 10.1. The van der Waals surface area contributed by atoms with E-state index < -0.39 is 0 Å². The molecule has 0 aromatic rings. The van der Waals surface area contributed by atoms with Crippen molar-refractivity contribution in [1.82, 2.24) is 0 Å². The van der Waals surface area contributed by atoms with Crippen LogP contribution in [0, 0.1) is 0 Å². The summed E-state index contributed by atoms with van der Waals surface area (Å²) in [6.45, 7) is 0. The van der Waals surface area contributed by atoms with Crippen molar-refractivity contribution < 1.29 is 14.3 Å². The van der Waals surface area contributed by atoms with Gasteiger partial charge in [-0.25, -0.2) is 0 Å². The Morgan fingerprint density at radius 3 is 2.44 bits per heavy atom. The molecule has 4 nitrogen and oxygen atoms in total. The number of carbonyl (C=O) groups excluding carboxylic acids is 2.